The third-order valence-corrected chi connectivity index (χ3v) is 6.76. The molecule has 2 aliphatic rings. The van der Waals surface area contributed by atoms with Gasteiger partial charge >= 0.3 is 0 Å². The molecule has 0 bridgehead atoms. The molecule has 0 fully saturated rings. The number of amides is 1. The quantitative estimate of drug-likeness (QED) is 0.570. The van der Waals surface area contributed by atoms with Crippen molar-refractivity contribution in [3.63, 3.8) is 0 Å². The molecule has 2 aromatic carbocycles. The van der Waals surface area contributed by atoms with E-state index in [0.29, 0.717) is 30.1 Å². The largest absolute Gasteiger partial charge is 0.496 e. The van der Waals surface area contributed by atoms with E-state index in [9.17, 15) is 9.59 Å². The highest BCUT2D eigenvalue weighted by molar-refractivity contribution is 9.10. The van der Waals surface area contributed by atoms with Crippen LogP contribution in [0.25, 0.3) is 0 Å². The molecule has 4 rings (SSSR count). The molecule has 2 aromatic rings. The van der Waals surface area contributed by atoms with Crippen molar-refractivity contribution in [3.8, 4) is 17.2 Å². The predicted octanol–water partition coefficient (Wildman–Crippen LogP) is 5.26. The van der Waals surface area contributed by atoms with Crippen LogP contribution in [0.1, 0.15) is 56.1 Å². The Hall–Kier alpha value is -2.80. The van der Waals surface area contributed by atoms with Crippen molar-refractivity contribution in [2.45, 2.75) is 51.0 Å². The van der Waals surface area contributed by atoms with Crippen LogP contribution in [0.2, 0.25) is 0 Å². The van der Waals surface area contributed by atoms with E-state index in [4.69, 9.17) is 14.2 Å². The Morgan fingerprint density at radius 2 is 1.61 bits per heavy atom. The maximum atomic E-state index is 13.4. The van der Waals surface area contributed by atoms with Crippen molar-refractivity contribution in [1.82, 2.24) is 5.32 Å². The molecule has 2 unspecified atom stereocenters. The Morgan fingerprint density at radius 1 is 0.909 bits per heavy atom. The van der Waals surface area contributed by atoms with Gasteiger partial charge in [0.05, 0.1) is 24.8 Å². The predicted molar refractivity (Wildman–Crippen MR) is 129 cm³/mol. The van der Waals surface area contributed by atoms with Crippen LogP contribution >= 0.6 is 15.9 Å². The van der Waals surface area contributed by atoms with Gasteiger partial charge in [-0.05, 0) is 77.5 Å². The number of halogens is 1. The number of ether oxygens (including phenoxy) is 3. The Labute approximate surface area is 202 Å². The lowest BCUT2D eigenvalue weighted by Gasteiger charge is -2.34. The fraction of sp³-hybridized carbons (Fsp3) is 0.385. The van der Waals surface area contributed by atoms with Crippen molar-refractivity contribution in [2.24, 2.45) is 0 Å². The van der Waals surface area contributed by atoms with Crippen LogP contribution in [0.3, 0.4) is 0 Å². The average Bonchev–Trinajstić information content (AvgIpc) is 2.78. The van der Waals surface area contributed by atoms with Crippen LogP contribution < -0.4 is 19.5 Å². The number of rotatable bonds is 6. The van der Waals surface area contributed by atoms with Gasteiger partial charge in [0, 0.05) is 30.0 Å². The maximum Gasteiger partial charge on any atom is 0.225 e. The van der Waals surface area contributed by atoms with E-state index < -0.39 is 0 Å². The van der Waals surface area contributed by atoms with E-state index in [1.165, 1.54) is 0 Å². The van der Waals surface area contributed by atoms with Crippen LogP contribution in [0, 0.1) is 0 Å². The van der Waals surface area contributed by atoms with Gasteiger partial charge < -0.3 is 19.5 Å². The first-order valence-electron chi connectivity index (χ1n) is 11.0. The fourth-order valence-corrected chi connectivity index (χ4v) is 5.23. The van der Waals surface area contributed by atoms with Gasteiger partial charge in [-0.25, -0.2) is 0 Å². The first-order chi connectivity index (χ1) is 15.8. The van der Waals surface area contributed by atoms with Gasteiger partial charge in [0.2, 0.25) is 5.91 Å². The first kappa shape index (κ1) is 23.4. The zero-order valence-corrected chi connectivity index (χ0v) is 20.8. The van der Waals surface area contributed by atoms with Crippen LogP contribution in [0.4, 0.5) is 0 Å². The van der Waals surface area contributed by atoms with Gasteiger partial charge in [0.15, 0.2) is 17.3 Å². The van der Waals surface area contributed by atoms with E-state index in [0.717, 1.165) is 26.9 Å². The molecule has 1 amide bonds. The molecule has 6 nitrogen and oxygen atoms in total. The third kappa shape index (κ3) is 4.78. The number of nitrogens with one attached hydrogen (secondary N) is 1. The molecular formula is C26H28BrNO5. The second-order valence-corrected chi connectivity index (χ2v) is 9.55. The second kappa shape index (κ2) is 9.59. The Kier molecular flexibility index (Phi) is 6.79. The summed E-state index contributed by atoms with van der Waals surface area (Å²) in [6.07, 6.45) is 1.26. The highest BCUT2D eigenvalue weighted by Crippen LogP contribution is 2.44. The Morgan fingerprint density at radius 3 is 2.27 bits per heavy atom. The number of benzene rings is 2. The minimum absolute atomic E-state index is 0.0288. The standard InChI is InChI=1S/C26H28BrNO5/c1-14(2)33-23-8-5-15(12-24(23)32-4)17-10-20-26(21(29)11-17)18(13-25(30)28-20)16-6-7-22(31-3)19(27)9-16/h5-9,12,14,17-18H,10-11,13H2,1-4H3,(H,28,30). The van der Waals surface area contributed by atoms with Crippen molar-refractivity contribution in [2.75, 3.05) is 14.2 Å². The minimum Gasteiger partial charge on any atom is -0.496 e. The summed E-state index contributed by atoms with van der Waals surface area (Å²) >= 11 is 3.52. The van der Waals surface area contributed by atoms with Crippen LogP contribution in [-0.4, -0.2) is 32.0 Å². The summed E-state index contributed by atoms with van der Waals surface area (Å²) in [4.78, 5) is 26.0. The lowest BCUT2D eigenvalue weighted by Crippen LogP contribution is -2.38. The normalized spacial score (nSPS) is 20.4. The lowest BCUT2D eigenvalue weighted by atomic mass is 9.73. The van der Waals surface area contributed by atoms with E-state index in [-0.39, 0.29) is 36.1 Å². The zero-order valence-electron chi connectivity index (χ0n) is 19.2. The Balaban J connectivity index is 1.66. The SMILES string of the molecule is COc1ccc(C2CC(=O)NC3=C2C(=O)CC(c2ccc(OC(C)C)c(OC)c2)C3)cc1Br. The summed E-state index contributed by atoms with van der Waals surface area (Å²) in [7, 11) is 3.22. The minimum atomic E-state index is -0.263. The molecule has 1 aliphatic heterocycles. The smallest absolute Gasteiger partial charge is 0.225 e. The topological polar surface area (TPSA) is 73.9 Å². The monoisotopic (exact) mass is 513 g/mol. The van der Waals surface area contributed by atoms with Gasteiger partial charge in [-0.2, -0.15) is 0 Å². The number of hydrogen-bond donors (Lipinski definition) is 1. The summed E-state index contributed by atoms with van der Waals surface area (Å²) in [6, 6.07) is 11.5. The molecule has 0 spiro atoms. The third-order valence-electron chi connectivity index (χ3n) is 6.14. The van der Waals surface area contributed by atoms with E-state index in [1.807, 2.05) is 50.2 Å². The van der Waals surface area contributed by atoms with Gasteiger partial charge in [0.1, 0.15) is 5.75 Å². The number of ketones is 1. The number of methoxy groups -OCH3 is 2. The summed E-state index contributed by atoms with van der Waals surface area (Å²) in [5.41, 5.74) is 3.36. The number of carbonyl (C=O) groups excluding carboxylic acids is 2. The highest BCUT2D eigenvalue weighted by Gasteiger charge is 2.38. The van der Waals surface area contributed by atoms with E-state index in [1.54, 1.807) is 14.2 Å². The molecule has 7 heteroatoms. The van der Waals surface area contributed by atoms with Crippen molar-refractivity contribution in [3.05, 3.63) is 63.3 Å². The Bertz CT molecular complexity index is 1120. The molecule has 0 aromatic heterocycles. The number of hydrogen-bond acceptors (Lipinski definition) is 5. The molecule has 1 heterocycles. The van der Waals surface area contributed by atoms with Crippen molar-refractivity contribution >= 4 is 27.6 Å². The molecule has 33 heavy (non-hydrogen) atoms. The van der Waals surface area contributed by atoms with Crippen molar-refractivity contribution in [1.29, 1.82) is 0 Å². The summed E-state index contributed by atoms with van der Waals surface area (Å²) < 4.78 is 17.5. The van der Waals surface area contributed by atoms with Crippen molar-refractivity contribution < 1.29 is 23.8 Å². The molecule has 0 saturated heterocycles. The van der Waals surface area contributed by atoms with Gasteiger partial charge in [-0.1, -0.05) is 12.1 Å². The van der Waals surface area contributed by atoms with E-state index in [2.05, 4.69) is 21.2 Å². The molecule has 2 atom stereocenters. The fourth-order valence-electron chi connectivity index (χ4n) is 4.67. The number of allylic oxidation sites excluding steroid dienone is 2. The summed E-state index contributed by atoms with van der Waals surface area (Å²) in [5, 5.41) is 2.98. The first-order valence-corrected chi connectivity index (χ1v) is 11.8. The zero-order chi connectivity index (χ0) is 23.7. The second-order valence-electron chi connectivity index (χ2n) is 8.70. The maximum absolute atomic E-state index is 13.4. The van der Waals surface area contributed by atoms with Crippen LogP contribution in [0.15, 0.2) is 52.1 Å². The highest BCUT2D eigenvalue weighted by atomic mass is 79.9. The van der Waals surface area contributed by atoms with Gasteiger partial charge in [0.25, 0.3) is 0 Å². The van der Waals surface area contributed by atoms with E-state index >= 15 is 0 Å². The summed E-state index contributed by atoms with van der Waals surface area (Å²) in [6.45, 7) is 3.93. The molecule has 0 saturated carbocycles. The lowest BCUT2D eigenvalue weighted by molar-refractivity contribution is -0.122. The average molecular weight is 514 g/mol. The van der Waals surface area contributed by atoms with Crippen LogP contribution in [-0.2, 0) is 9.59 Å². The molecule has 1 aliphatic carbocycles. The molecular weight excluding hydrogens is 486 g/mol. The number of carbonyl (C=O) groups is 2. The van der Waals surface area contributed by atoms with Crippen LogP contribution in [0.5, 0.6) is 17.2 Å². The van der Waals surface area contributed by atoms with Gasteiger partial charge in [-0.15, -0.1) is 0 Å². The summed E-state index contributed by atoms with van der Waals surface area (Å²) in [5.74, 6) is 1.72. The molecule has 1 N–H and O–H groups in total. The molecule has 174 valence electrons. The molecule has 0 radical (unpaired) electrons. The van der Waals surface area contributed by atoms with Gasteiger partial charge in [-0.3, -0.25) is 9.59 Å². The number of Topliss-reactive ketones (excluding diaryl/α,β-unsaturated/α-hetero) is 1.